The summed E-state index contributed by atoms with van der Waals surface area (Å²) in [6.45, 7) is 1.95. The molecule has 3 heteroatoms. The standard InChI is InChI=1S/C9H8FNS/c1-2-6-4-9-7(3-8(6)10)5-11-12-9/h3-5H,2H2,1H3. The maximum absolute atomic E-state index is 13.2. The number of nitrogens with zero attached hydrogens (tertiary/aromatic N) is 1. The molecule has 0 N–H and O–H groups in total. The Morgan fingerprint density at radius 2 is 2.33 bits per heavy atom. The summed E-state index contributed by atoms with van der Waals surface area (Å²) in [5.74, 6) is -0.120. The van der Waals surface area contributed by atoms with Crippen LogP contribution in [-0.4, -0.2) is 4.37 Å². The lowest BCUT2D eigenvalue weighted by atomic mass is 10.1. The predicted octanol–water partition coefficient (Wildman–Crippen LogP) is 3.00. The summed E-state index contributed by atoms with van der Waals surface area (Å²) in [4.78, 5) is 0. The van der Waals surface area contributed by atoms with Gasteiger partial charge in [-0.1, -0.05) is 6.92 Å². The van der Waals surface area contributed by atoms with Crippen molar-refractivity contribution in [2.45, 2.75) is 13.3 Å². The Hall–Kier alpha value is -0.960. The van der Waals surface area contributed by atoms with Crippen LogP contribution in [0.25, 0.3) is 10.1 Å². The SMILES string of the molecule is CCc1cc2sncc2cc1F. The number of fused-ring (bicyclic) bond motifs is 1. The van der Waals surface area contributed by atoms with E-state index in [2.05, 4.69) is 4.37 Å². The molecule has 0 fully saturated rings. The third-order valence-corrected chi connectivity index (χ3v) is 2.66. The summed E-state index contributed by atoms with van der Waals surface area (Å²) in [7, 11) is 0. The van der Waals surface area contributed by atoms with Gasteiger partial charge in [0.2, 0.25) is 0 Å². The molecule has 1 aromatic carbocycles. The van der Waals surface area contributed by atoms with Crippen LogP contribution in [0.3, 0.4) is 0 Å². The second-order valence-electron chi connectivity index (χ2n) is 2.66. The highest BCUT2D eigenvalue weighted by Gasteiger charge is 2.03. The molecule has 0 aliphatic rings. The third kappa shape index (κ3) is 1.10. The van der Waals surface area contributed by atoms with Crippen molar-refractivity contribution in [2.24, 2.45) is 0 Å². The summed E-state index contributed by atoms with van der Waals surface area (Å²) < 4.78 is 18.2. The molecule has 0 spiro atoms. The second kappa shape index (κ2) is 2.83. The first-order valence-corrected chi connectivity index (χ1v) is 4.61. The summed E-state index contributed by atoms with van der Waals surface area (Å²) in [5, 5.41) is 0.898. The maximum Gasteiger partial charge on any atom is 0.127 e. The molecule has 0 unspecified atom stereocenters. The molecule has 0 radical (unpaired) electrons. The van der Waals surface area contributed by atoms with Crippen LogP contribution in [0.2, 0.25) is 0 Å². The molecular weight excluding hydrogens is 173 g/mol. The molecule has 0 saturated heterocycles. The van der Waals surface area contributed by atoms with Gasteiger partial charge in [0.05, 0.1) is 4.70 Å². The van der Waals surface area contributed by atoms with Crippen LogP contribution in [0, 0.1) is 5.82 Å². The molecule has 2 aromatic rings. The Bertz CT molecular complexity index is 408. The number of aromatic nitrogens is 1. The average molecular weight is 181 g/mol. The van der Waals surface area contributed by atoms with Crippen molar-refractivity contribution in [1.29, 1.82) is 0 Å². The van der Waals surface area contributed by atoms with Crippen LogP contribution in [0.15, 0.2) is 18.3 Å². The van der Waals surface area contributed by atoms with E-state index in [-0.39, 0.29) is 5.82 Å². The highest BCUT2D eigenvalue weighted by Crippen LogP contribution is 2.22. The molecule has 0 amide bonds. The number of aryl methyl sites for hydroxylation is 1. The van der Waals surface area contributed by atoms with Gasteiger partial charge >= 0.3 is 0 Å². The first-order chi connectivity index (χ1) is 5.81. The fraction of sp³-hybridized carbons (Fsp3) is 0.222. The van der Waals surface area contributed by atoms with Gasteiger partial charge in [0.15, 0.2) is 0 Å². The molecular formula is C9H8FNS. The molecule has 0 aliphatic carbocycles. The van der Waals surface area contributed by atoms with Crippen LogP contribution < -0.4 is 0 Å². The van der Waals surface area contributed by atoms with E-state index in [9.17, 15) is 4.39 Å². The average Bonchev–Trinajstić information content (AvgIpc) is 2.49. The Morgan fingerprint density at radius 3 is 3.08 bits per heavy atom. The van der Waals surface area contributed by atoms with E-state index in [0.29, 0.717) is 0 Å². The van der Waals surface area contributed by atoms with Gasteiger partial charge in [-0.2, -0.15) is 4.37 Å². The van der Waals surface area contributed by atoms with Gasteiger partial charge in [0.25, 0.3) is 0 Å². The lowest BCUT2D eigenvalue weighted by Gasteiger charge is -1.97. The zero-order chi connectivity index (χ0) is 8.55. The Balaban J connectivity index is 2.73. The molecule has 2 rings (SSSR count). The van der Waals surface area contributed by atoms with Crippen molar-refractivity contribution in [2.75, 3.05) is 0 Å². The third-order valence-electron chi connectivity index (χ3n) is 1.90. The molecule has 0 bridgehead atoms. The van der Waals surface area contributed by atoms with Crippen LogP contribution in [0.5, 0.6) is 0 Å². The van der Waals surface area contributed by atoms with Crippen molar-refractivity contribution in [3.05, 3.63) is 29.7 Å². The normalized spacial score (nSPS) is 10.8. The van der Waals surface area contributed by atoms with Crippen LogP contribution in [-0.2, 0) is 6.42 Å². The van der Waals surface area contributed by atoms with Crippen molar-refractivity contribution in [3.63, 3.8) is 0 Å². The minimum atomic E-state index is -0.120. The highest BCUT2D eigenvalue weighted by atomic mass is 32.1. The highest BCUT2D eigenvalue weighted by molar-refractivity contribution is 7.13. The zero-order valence-corrected chi connectivity index (χ0v) is 7.49. The molecule has 12 heavy (non-hydrogen) atoms. The largest absolute Gasteiger partial charge is 0.207 e. The van der Waals surface area contributed by atoms with E-state index in [1.54, 1.807) is 12.3 Å². The smallest absolute Gasteiger partial charge is 0.127 e. The fourth-order valence-corrected chi connectivity index (χ4v) is 1.89. The zero-order valence-electron chi connectivity index (χ0n) is 6.67. The molecule has 0 aliphatic heterocycles. The van der Waals surface area contributed by atoms with E-state index >= 15 is 0 Å². The second-order valence-corrected chi connectivity index (χ2v) is 3.49. The number of hydrogen-bond acceptors (Lipinski definition) is 2. The minimum absolute atomic E-state index is 0.120. The summed E-state index contributed by atoms with van der Waals surface area (Å²) in [6, 6.07) is 3.43. The number of hydrogen-bond donors (Lipinski definition) is 0. The summed E-state index contributed by atoms with van der Waals surface area (Å²) >= 11 is 1.41. The Morgan fingerprint density at radius 1 is 1.50 bits per heavy atom. The molecule has 1 heterocycles. The monoisotopic (exact) mass is 181 g/mol. The van der Waals surface area contributed by atoms with Crippen molar-refractivity contribution in [3.8, 4) is 0 Å². The summed E-state index contributed by atoms with van der Waals surface area (Å²) in [5.41, 5.74) is 0.770. The van der Waals surface area contributed by atoms with Gasteiger partial charge in [-0.3, -0.25) is 0 Å². The van der Waals surface area contributed by atoms with Gasteiger partial charge in [-0.25, -0.2) is 4.39 Å². The van der Waals surface area contributed by atoms with Gasteiger partial charge in [-0.05, 0) is 35.6 Å². The molecule has 1 aromatic heterocycles. The van der Waals surface area contributed by atoms with E-state index in [4.69, 9.17) is 0 Å². The van der Waals surface area contributed by atoms with Gasteiger partial charge in [0, 0.05) is 11.6 Å². The van der Waals surface area contributed by atoms with Crippen LogP contribution >= 0.6 is 11.5 Å². The van der Waals surface area contributed by atoms with E-state index in [1.165, 1.54) is 11.5 Å². The minimum Gasteiger partial charge on any atom is -0.207 e. The van der Waals surface area contributed by atoms with E-state index in [0.717, 1.165) is 22.1 Å². The predicted molar refractivity (Wildman–Crippen MR) is 49.0 cm³/mol. The number of halogens is 1. The lowest BCUT2D eigenvalue weighted by molar-refractivity contribution is 0.614. The number of rotatable bonds is 1. The fourth-order valence-electron chi connectivity index (χ4n) is 1.20. The van der Waals surface area contributed by atoms with E-state index < -0.39 is 0 Å². The maximum atomic E-state index is 13.2. The van der Waals surface area contributed by atoms with Gasteiger partial charge in [0.1, 0.15) is 5.82 Å². The molecule has 62 valence electrons. The first-order valence-electron chi connectivity index (χ1n) is 3.84. The quantitative estimate of drug-likeness (QED) is 0.659. The van der Waals surface area contributed by atoms with Gasteiger partial charge < -0.3 is 0 Å². The van der Waals surface area contributed by atoms with Gasteiger partial charge in [-0.15, -0.1) is 0 Å². The Labute approximate surface area is 74.0 Å². The lowest BCUT2D eigenvalue weighted by Crippen LogP contribution is -1.85. The topological polar surface area (TPSA) is 12.9 Å². The molecule has 1 nitrogen and oxygen atoms in total. The number of benzene rings is 1. The van der Waals surface area contributed by atoms with Crippen molar-refractivity contribution >= 4 is 21.6 Å². The Kier molecular flexibility index (Phi) is 1.81. The van der Waals surface area contributed by atoms with E-state index in [1.807, 2.05) is 13.0 Å². The summed E-state index contributed by atoms with van der Waals surface area (Å²) in [6.07, 6.45) is 2.43. The molecule has 0 saturated carbocycles. The van der Waals surface area contributed by atoms with Crippen LogP contribution in [0.1, 0.15) is 12.5 Å². The molecule has 0 atom stereocenters. The van der Waals surface area contributed by atoms with Crippen molar-refractivity contribution in [1.82, 2.24) is 4.37 Å². The first kappa shape index (κ1) is 7.68. The van der Waals surface area contributed by atoms with Crippen LogP contribution in [0.4, 0.5) is 4.39 Å². The van der Waals surface area contributed by atoms with Crippen molar-refractivity contribution < 1.29 is 4.39 Å².